The van der Waals surface area contributed by atoms with E-state index in [1.165, 1.54) is 11.1 Å². The van der Waals surface area contributed by atoms with Crippen molar-refractivity contribution >= 4 is 5.91 Å². The second-order valence-corrected chi connectivity index (χ2v) is 8.37. The summed E-state index contributed by atoms with van der Waals surface area (Å²) in [5.74, 6) is -0.181. The summed E-state index contributed by atoms with van der Waals surface area (Å²) in [6.07, 6.45) is 0. The molecule has 0 saturated carbocycles. The van der Waals surface area contributed by atoms with E-state index in [2.05, 4.69) is 64.9 Å². The summed E-state index contributed by atoms with van der Waals surface area (Å²) < 4.78 is 0. The lowest BCUT2D eigenvalue weighted by molar-refractivity contribution is 0.0951. The Bertz CT molecular complexity index is 1130. The van der Waals surface area contributed by atoms with Crippen LogP contribution in [-0.4, -0.2) is 36.5 Å². The molecular formula is C27H28N4O. The van der Waals surface area contributed by atoms with E-state index < -0.39 is 0 Å². The lowest BCUT2D eigenvalue weighted by Gasteiger charge is -2.31. The summed E-state index contributed by atoms with van der Waals surface area (Å²) in [6, 6.07) is 26.3. The van der Waals surface area contributed by atoms with Crippen molar-refractivity contribution in [2.24, 2.45) is 0 Å². The van der Waals surface area contributed by atoms with Gasteiger partial charge in [-0.2, -0.15) is 5.26 Å². The first-order valence-corrected chi connectivity index (χ1v) is 11.0. The summed E-state index contributed by atoms with van der Waals surface area (Å²) in [4.78, 5) is 15.0. The van der Waals surface area contributed by atoms with Crippen LogP contribution in [0.15, 0.2) is 72.8 Å². The van der Waals surface area contributed by atoms with Crippen LogP contribution in [0.3, 0.4) is 0 Å². The molecule has 1 aliphatic heterocycles. The third-order valence-electron chi connectivity index (χ3n) is 5.75. The molecule has 0 radical (unpaired) electrons. The van der Waals surface area contributed by atoms with Crippen LogP contribution in [-0.2, 0) is 13.1 Å². The number of nitriles is 1. The Balaban J connectivity index is 1.42. The Morgan fingerprint density at radius 2 is 1.78 bits per heavy atom. The van der Waals surface area contributed by atoms with Crippen LogP contribution < -0.4 is 10.6 Å². The number of piperazine rings is 1. The maximum absolute atomic E-state index is 12.5. The van der Waals surface area contributed by atoms with Crippen molar-refractivity contribution in [2.75, 3.05) is 19.6 Å². The zero-order valence-corrected chi connectivity index (χ0v) is 18.3. The molecule has 0 aromatic heterocycles. The molecule has 0 bridgehead atoms. The number of carbonyl (C=O) groups excluding carboxylic acids is 1. The lowest BCUT2D eigenvalue weighted by atomic mass is 10.0. The Morgan fingerprint density at radius 3 is 2.53 bits per heavy atom. The highest BCUT2D eigenvalue weighted by Gasteiger charge is 2.15. The number of hydrogen-bond donors (Lipinski definition) is 2. The molecule has 162 valence electrons. The van der Waals surface area contributed by atoms with Crippen molar-refractivity contribution < 1.29 is 4.79 Å². The van der Waals surface area contributed by atoms with Gasteiger partial charge >= 0.3 is 0 Å². The van der Waals surface area contributed by atoms with E-state index in [0.717, 1.165) is 37.3 Å². The van der Waals surface area contributed by atoms with Crippen LogP contribution in [0.5, 0.6) is 0 Å². The zero-order valence-electron chi connectivity index (χ0n) is 18.3. The predicted octanol–water partition coefficient (Wildman–Crippen LogP) is 3.95. The monoisotopic (exact) mass is 424 g/mol. The topological polar surface area (TPSA) is 68.2 Å². The summed E-state index contributed by atoms with van der Waals surface area (Å²) in [5.41, 5.74) is 5.64. The fraction of sp³-hybridized carbons (Fsp3) is 0.259. The quantitative estimate of drug-likeness (QED) is 0.629. The van der Waals surface area contributed by atoms with Gasteiger partial charge in [-0.05, 0) is 59.5 Å². The molecule has 1 aliphatic rings. The fourth-order valence-corrected chi connectivity index (χ4v) is 4.14. The van der Waals surface area contributed by atoms with Gasteiger partial charge in [-0.1, -0.05) is 42.5 Å². The maximum Gasteiger partial charge on any atom is 0.251 e. The number of carbonyl (C=O) groups is 1. The summed E-state index contributed by atoms with van der Waals surface area (Å²) in [7, 11) is 0. The van der Waals surface area contributed by atoms with Gasteiger partial charge in [0, 0.05) is 44.3 Å². The van der Waals surface area contributed by atoms with Crippen LogP contribution in [0.4, 0.5) is 0 Å². The van der Waals surface area contributed by atoms with E-state index in [9.17, 15) is 4.79 Å². The third-order valence-corrected chi connectivity index (χ3v) is 5.75. The first-order chi connectivity index (χ1) is 15.6. The molecule has 0 spiro atoms. The molecule has 3 aromatic carbocycles. The number of hydrogen-bond acceptors (Lipinski definition) is 4. The lowest BCUT2D eigenvalue weighted by Crippen LogP contribution is -2.48. The average Bonchev–Trinajstić information content (AvgIpc) is 2.83. The van der Waals surface area contributed by atoms with E-state index >= 15 is 0 Å². The molecule has 1 saturated heterocycles. The maximum atomic E-state index is 12.5. The fourth-order valence-electron chi connectivity index (χ4n) is 4.14. The minimum Gasteiger partial charge on any atom is -0.348 e. The molecule has 1 fully saturated rings. The highest BCUT2D eigenvalue weighted by Crippen LogP contribution is 2.22. The van der Waals surface area contributed by atoms with Gasteiger partial charge in [0.1, 0.15) is 0 Å². The number of nitrogens with zero attached hydrogens (tertiary/aromatic N) is 2. The van der Waals surface area contributed by atoms with E-state index in [0.29, 0.717) is 23.7 Å². The van der Waals surface area contributed by atoms with E-state index in [4.69, 9.17) is 5.26 Å². The van der Waals surface area contributed by atoms with Gasteiger partial charge in [0.15, 0.2) is 0 Å². The van der Waals surface area contributed by atoms with Gasteiger partial charge < -0.3 is 10.6 Å². The highest BCUT2D eigenvalue weighted by atomic mass is 16.1. The Labute approximate surface area is 189 Å². The van der Waals surface area contributed by atoms with Crippen molar-refractivity contribution in [3.05, 3.63) is 95.1 Å². The zero-order chi connectivity index (χ0) is 22.3. The number of nitrogens with one attached hydrogen (secondary N) is 2. The first-order valence-electron chi connectivity index (χ1n) is 11.0. The molecule has 1 amide bonds. The van der Waals surface area contributed by atoms with Crippen LogP contribution in [0, 0.1) is 11.3 Å². The average molecular weight is 425 g/mol. The number of amides is 1. The number of rotatable bonds is 6. The largest absolute Gasteiger partial charge is 0.348 e. The minimum absolute atomic E-state index is 0.181. The van der Waals surface area contributed by atoms with Gasteiger partial charge in [0.25, 0.3) is 5.91 Å². The van der Waals surface area contributed by atoms with Crippen molar-refractivity contribution in [3.63, 3.8) is 0 Å². The van der Waals surface area contributed by atoms with Crippen LogP contribution in [0.2, 0.25) is 0 Å². The van der Waals surface area contributed by atoms with Crippen LogP contribution in [0.25, 0.3) is 11.1 Å². The second-order valence-electron chi connectivity index (χ2n) is 8.37. The normalized spacial score (nSPS) is 16.3. The second kappa shape index (κ2) is 10.2. The molecular weight excluding hydrogens is 396 g/mol. The SMILES string of the molecule is CC1CN(Cc2cccc(-c3cccc(CNC(=O)c4cccc(C#N)c4)c3)c2)CCN1. The van der Waals surface area contributed by atoms with Crippen LogP contribution >= 0.6 is 0 Å². The minimum atomic E-state index is -0.181. The Morgan fingerprint density at radius 1 is 1.06 bits per heavy atom. The van der Waals surface area contributed by atoms with Gasteiger partial charge in [0.2, 0.25) is 0 Å². The van der Waals surface area contributed by atoms with Crippen LogP contribution in [0.1, 0.15) is 34.0 Å². The molecule has 0 aliphatic carbocycles. The molecule has 5 heteroatoms. The van der Waals surface area contributed by atoms with Crippen molar-refractivity contribution in [2.45, 2.75) is 26.1 Å². The summed E-state index contributed by atoms with van der Waals surface area (Å²) in [6.45, 7) is 6.79. The molecule has 4 rings (SSSR count). The molecule has 1 heterocycles. The van der Waals surface area contributed by atoms with Crippen molar-refractivity contribution in [1.29, 1.82) is 5.26 Å². The predicted molar refractivity (Wildman–Crippen MR) is 127 cm³/mol. The van der Waals surface area contributed by atoms with Gasteiger partial charge in [-0.25, -0.2) is 0 Å². The Kier molecular flexibility index (Phi) is 6.96. The van der Waals surface area contributed by atoms with Crippen molar-refractivity contribution in [3.8, 4) is 17.2 Å². The summed E-state index contributed by atoms with van der Waals surface area (Å²) >= 11 is 0. The first kappa shape index (κ1) is 21.8. The van der Waals surface area contributed by atoms with E-state index in [1.807, 2.05) is 12.1 Å². The van der Waals surface area contributed by atoms with E-state index in [1.54, 1.807) is 24.3 Å². The van der Waals surface area contributed by atoms with Gasteiger partial charge in [-0.15, -0.1) is 0 Å². The standard InChI is InChI=1S/C27H28N4O/c1-20-18-31(12-11-29-20)19-23-7-4-9-25(15-23)24-8-3-6-22(14-24)17-30-27(32)26-10-2-5-21(13-26)16-28/h2-10,13-15,20,29H,11-12,17-19H2,1H3,(H,30,32). The van der Waals surface area contributed by atoms with Gasteiger partial charge in [0.05, 0.1) is 11.6 Å². The summed E-state index contributed by atoms with van der Waals surface area (Å²) in [5, 5.41) is 15.5. The van der Waals surface area contributed by atoms with Gasteiger partial charge in [-0.3, -0.25) is 9.69 Å². The molecule has 2 N–H and O–H groups in total. The molecule has 32 heavy (non-hydrogen) atoms. The number of benzene rings is 3. The molecule has 5 nitrogen and oxygen atoms in total. The third kappa shape index (κ3) is 5.61. The highest BCUT2D eigenvalue weighted by molar-refractivity contribution is 5.94. The molecule has 3 aromatic rings. The van der Waals surface area contributed by atoms with E-state index in [-0.39, 0.29) is 5.91 Å². The molecule has 1 atom stereocenters. The Hall–Kier alpha value is -3.46. The smallest absolute Gasteiger partial charge is 0.251 e. The molecule has 1 unspecified atom stereocenters. The van der Waals surface area contributed by atoms with Crippen molar-refractivity contribution in [1.82, 2.24) is 15.5 Å².